The van der Waals surface area contributed by atoms with Gasteiger partial charge in [0, 0.05) is 28.4 Å². The van der Waals surface area contributed by atoms with Crippen molar-refractivity contribution in [3.63, 3.8) is 0 Å². The van der Waals surface area contributed by atoms with Crippen molar-refractivity contribution in [2.45, 2.75) is 19.9 Å². The van der Waals surface area contributed by atoms with Crippen molar-refractivity contribution in [1.82, 2.24) is 4.57 Å². The van der Waals surface area contributed by atoms with Crippen molar-refractivity contribution in [2.75, 3.05) is 10.3 Å². The number of amides is 2. The lowest BCUT2D eigenvalue weighted by molar-refractivity contribution is -0.116. The number of rotatable bonds is 9. The SMILES string of the molecule is CCC1=NN(c2ccc(C(=O)O)cc2)C(=O)/C1=C\c1cn(CC(=O)Nc2cc(C(=O)O)cc(C(=O)O)c2)c2ccccc12. The Morgan fingerprint density at radius 2 is 1.49 bits per heavy atom. The molecule has 0 unspecified atom stereocenters. The van der Waals surface area contributed by atoms with Crippen molar-refractivity contribution in [3.05, 3.63) is 101 Å². The third kappa shape index (κ3) is 5.75. The molecule has 0 spiro atoms. The highest BCUT2D eigenvalue weighted by Gasteiger charge is 2.30. The summed E-state index contributed by atoms with van der Waals surface area (Å²) in [5.41, 5.74) is 2.19. The summed E-state index contributed by atoms with van der Waals surface area (Å²) in [6.07, 6.45) is 3.86. The van der Waals surface area contributed by atoms with Crippen LogP contribution in [0, 0.1) is 0 Å². The summed E-state index contributed by atoms with van der Waals surface area (Å²) in [6.45, 7) is 1.67. The van der Waals surface area contributed by atoms with Crippen molar-refractivity contribution in [1.29, 1.82) is 0 Å². The van der Waals surface area contributed by atoms with Gasteiger partial charge in [-0.15, -0.1) is 0 Å². The minimum atomic E-state index is -1.33. The van der Waals surface area contributed by atoms with E-state index in [-0.39, 0.29) is 34.8 Å². The van der Waals surface area contributed by atoms with Gasteiger partial charge in [0.25, 0.3) is 5.91 Å². The van der Waals surface area contributed by atoms with Crippen LogP contribution in [0.25, 0.3) is 17.0 Å². The maximum Gasteiger partial charge on any atom is 0.335 e. The molecule has 12 heteroatoms. The standard InChI is InChI=1S/C31H24N4O8/c1-2-25-24(28(37)35(33-25)22-9-7-17(8-10-22)29(38)39)14-20-15-34(26-6-4-3-5-23(20)26)16-27(36)32-21-12-18(30(40)41)11-19(13-21)31(42)43/h3-15H,2,16H2,1H3,(H,32,36)(H,38,39)(H,40,41)(H,42,43)/b24-14-. The number of aromatic nitrogens is 1. The molecule has 1 aromatic heterocycles. The van der Waals surface area contributed by atoms with Crippen molar-refractivity contribution >= 4 is 63.8 Å². The highest BCUT2D eigenvalue weighted by Crippen LogP contribution is 2.29. The molecule has 2 heterocycles. The second-order valence-electron chi connectivity index (χ2n) is 9.61. The summed E-state index contributed by atoms with van der Waals surface area (Å²) in [4.78, 5) is 60.5. The molecule has 0 atom stereocenters. The lowest BCUT2D eigenvalue weighted by atomic mass is 10.0. The molecule has 5 rings (SSSR count). The van der Waals surface area contributed by atoms with E-state index in [4.69, 9.17) is 0 Å². The first-order valence-electron chi connectivity index (χ1n) is 13.0. The van der Waals surface area contributed by atoms with E-state index in [0.29, 0.717) is 34.5 Å². The molecule has 0 saturated carbocycles. The third-order valence-electron chi connectivity index (χ3n) is 6.79. The van der Waals surface area contributed by atoms with Gasteiger partial charge in [-0.25, -0.2) is 14.4 Å². The summed E-state index contributed by atoms with van der Waals surface area (Å²) < 4.78 is 1.67. The van der Waals surface area contributed by atoms with Crippen LogP contribution in [0.2, 0.25) is 0 Å². The van der Waals surface area contributed by atoms with Crippen LogP contribution >= 0.6 is 0 Å². The minimum Gasteiger partial charge on any atom is -0.478 e. The minimum absolute atomic E-state index is 0.0259. The first-order valence-corrected chi connectivity index (χ1v) is 13.0. The Kier molecular flexibility index (Phi) is 7.58. The summed E-state index contributed by atoms with van der Waals surface area (Å²) in [6, 6.07) is 16.4. The van der Waals surface area contributed by atoms with Crippen LogP contribution in [0.1, 0.15) is 50.0 Å². The molecule has 0 bridgehead atoms. The Morgan fingerprint density at radius 1 is 0.860 bits per heavy atom. The van der Waals surface area contributed by atoms with Crippen molar-refractivity contribution in [3.8, 4) is 0 Å². The lowest BCUT2D eigenvalue weighted by Crippen LogP contribution is -2.21. The van der Waals surface area contributed by atoms with Gasteiger partial charge in [0.05, 0.1) is 33.7 Å². The van der Waals surface area contributed by atoms with Gasteiger partial charge in [-0.05, 0) is 61.0 Å². The highest BCUT2D eigenvalue weighted by molar-refractivity contribution is 6.33. The number of nitrogens with one attached hydrogen (secondary N) is 1. The molecular formula is C31H24N4O8. The summed E-state index contributed by atoms with van der Waals surface area (Å²) in [5, 5.41) is 36.8. The predicted octanol–water partition coefficient (Wildman–Crippen LogP) is 4.57. The second-order valence-corrected chi connectivity index (χ2v) is 9.61. The molecular weight excluding hydrogens is 556 g/mol. The van der Waals surface area contributed by atoms with E-state index in [1.165, 1.54) is 41.4 Å². The Morgan fingerprint density at radius 3 is 2.09 bits per heavy atom. The fourth-order valence-electron chi connectivity index (χ4n) is 4.76. The largest absolute Gasteiger partial charge is 0.478 e. The molecule has 4 aromatic rings. The van der Waals surface area contributed by atoms with E-state index >= 15 is 0 Å². The maximum absolute atomic E-state index is 13.4. The number of nitrogens with zero attached hydrogens (tertiary/aromatic N) is 3. The second kappa shape index (κ2) is 11.4. The zero-order valence-electron chi connectivity index (χ0n) is 22.6. The third-order valence-corrected chi connectivity index (χ3v) is 6.79. The number of carboxylic acid groups (broad SMARTS) is 3. The Balaban J connectivity index is 1.44. The molecule has 43 heavy (non-hydrogen) atoms. The quantitative estimate of drug-likeness (QED) is 0.208. The van der Waals surface area contributed by atoms with Crippen LogP contribution in [0.5, 0.6) is 0 Å². The first kappa shape index (κ1) is 28.5. The van der Waals surface area contributed by atoms with E-state index in [1.807, 2.05) is 19.1 Å². The molecule has 4 N–H and O–H groups in total. The number of carboxylic acids is 3. The molecule has 0 radical (unpaired) electrons. The van der Waals surface area contributed by atoms with Gasteiger partial charge in [-0.3, -0.25) is 9.59 Å². The van der Waals surface area contributed by atoms with E-state index in [9.17, 15) is 39.3 Å². The number of benzene rings is 3. The Bertz CT molecular complexity index is 1850. The van der Waals surface area contributed by atoms with E-state index in [2.05, 4.69) is 10.4 Å². The zero-order valence-corrected chi connectivity index (χ0v) is 22.6. The highest BCUT2D eigenvalue weighted by atomic mass is 16.4. The Labute approximate surface area is 243 Å². The average Bonchev–Trinajstić information content (AvgIpc) is 3.49. The van der Waals surface area contributed by atoms with Crippen LogP contribution in [0.4, 0.5) is 11.4 Å². The molecule has 1 aliphatic rings. The topological polar surface area (TPSA) is 179 Å². The van der Waals surface area contributed by atoms with E-state index in [1.54, 1.807) is 29.0 Å². The van der Waals surface area contributed by atoms with Crippen LogP contribution in [0.3, 0.4) is 0 Å². The number of fused-ring (bicyclic) bond motifs is 1. The van der Waals surface area contributed by atoms with Crippen LogP contribution in [0.15, 0.2) is 83.6 Å². The number of hydrazone groups is 1. The number of carbonyl (C=O) groups is 5. The van der Waals surface area contributed by atoms with Crippen molar-refractivity contribution < 1.29 is 39.3 Å². The molecule has 0 fully saturated rings. The molecule has 216 valence electrons. The normalized spacial score (nSPS) is 13.8. The van der Waals surface area contributed by atoms with Gasteiger partial charge in [-0.1, -0.05) is 25.1 Å². The van der Waals surface area contributed by atoms with Gasteiger partial charge in [0.15, 0.2) is 0 Å². The van der Waals surface area contributed by atoms with Crippen LogP contribution in [-0.4, -0.2) is 55.3 Å². The van der Waals surface area contributed by atoms with Gasteiger partial charge >= 0.3 is 17.9 Å². The van der Waals surface area contributed by atoms with Gasteiger partial charge in [0.2, 0.25) is 5.91 Å². The first-order chi connectivity index (χ1) is 20.5. The number of para-hydroxylation sites is 1. The monoisotopic (exact) mass is 580 g/mol. The van der Waals surface area contributed by atoms with E-state index < -0.39 is 23.8 Å². The molecule has 1 aliphatic heterocycles. The molecule has 3 aromatic carbocycles. The maximum atomic E-state index is 13.4. The van der Waals surface area contributed by atoms with Gasteiger partial charge < -0.3 is 25.2 Å². The fourth-order valence-corrected chi connectivity index (χ4v) is 4.76. The number of anilines is 2. The smallest absolute Gasteiger partial charge is 0.335 e. The molecule has 2 amide bonds. The number of aromatic carboxylic acids is 3. The summed E-state index contributed by atoms with van der Waals surface area (Å²) in [5.74, 6) is -4.66. The number of carbonyl (C=O) groups excluding carboxylic acids is 2. The van der Waals surface area contributed by atoms with Gasteiger partial charge in [0.1, 0.15) is 6.54 Å². The molecule has 0 saturated heterocycles. The lowest BCUT2D eigenvalue weighted by Gasteiger charge is -2.11. The van der Waals surface area contributed by atoms with E-state index in [0.717, 1.165) is 11.5 Å². The average molecular weight is 581 g/mol. The summed E-state index contributed by atoms with van der Waals surface area (Å²) in [7, 11) is 0. The zero-order chi connectivity index (χ0) is 30.8. The molecule has 0 aliphatic carbocycles. The summed E-state index contributed by atoms with van der Waals surface area (Å²) >= 11 is 0. The molecule has 12 nitrogen and oxygen atoms in total. The van der Waals surface area contributed by atoms with Gasteiger partial charge in [-0.2, -0.15) is 10.1 Å². The Hall–Kier alpha value is -6.04. The number of hydrogen-bond acceptors (Lipinski definition) is 6. The fraction of sp³-hybridized carbons (Fsp3) is 0.0968. The van der Waals surface area contributed by atoms with Crippen LogP contribution in [-0.2, 0) is 16.1 Å². The number of hydrogen-bond donors (Lipinski definition) is 4. The predicted molar refractivity (Wildman–Crippen MR) is 158 cm³/mol. The van der Waals surface area contributed by atoms with Crippen molar-refractivity contribution in [2.24, 2.45) is 5.10 Å². The van der Waals surface area contributed by atoms with Crippen LogP contribution < -0.4 is 10.3 Å².